The van der Waals surface area contributed by atoms with Crippen molar-refractivity contribution in [2.45, 2.75) is 6.54 Å². The lowest BCUT2D eigenvalue weighted by Crippen LogP contribution is -2.23. The molecule has 0 aliphatic heterocycles. The van der Waals surface area contributed by atoms with Gasteiger partial charge in [0.25, 0.3) is 5.56 Å². The van der Waals surface area contributed by atoms with Gasteiger partial charge in [-0.05, 0) is 23.8 Å². The molecule has 0 spiro atoms. The van der Waals surface area contributed by atoms with Crippen molar-refractivity contribution < 1.29 is 0 Å². The van der Waals surface area contributed by atoms with Crippen molar-refractivity contribution in [3.63, 3.8) is 0 Å². The smallest absolute Gasteiger partial charge is 0.267 e. The summed E-state index contributed by atoms with van der Waals surface area (Å²) < 4.78 is 1.25. The Hall–Kier alpha value is -1.52. The van der Waals surface area contributed by atoms with Crippen molar-refractivity contribution in [3.05, 3.63) is 56.3 Å². The number of hydrogen-bond acceptors (Lipinski definition) is 3. The lowest BCUT2D eigenvalue weighted by molar-refractivity contribution is 0.644. The second-order valence-electron chi connectivity index (χ2n) is 3.49. The van der Waals surface area contributed by atoms with Gasteiger partial charge in [-0.15, -0.1) is 0 Å². The van der Waals surface area contributed by atoms with Gasteiger partial charge in [0, 0.05) is 16.1 Å². The quantitative estimate of drug-likeness (QED) is 0.909. The van der Waals surface area contributed by atoms with Crippen molar-refractivity contribution in [1.29, 1.82) is 0 Å². The van der Waals surface area contributed by atoms with Gasteiger partial charge in [-0.25, -0.2) is 4.68 Å². The topological polar surface area (TPSA) is 60.9 Å². The Balaban J connectivity index is 2.38. The van der Waals surface area contributed by atoms with E-state index in [0.717, 1.165) is 5.56 Å². The number of benzene rings is 1. The van der Waals surface area contributed by atoms with Crippen LogP contribution in [0.2, 0.25) is 10.0 Å². The van der Waals surface area contributed by atoms with Crippen LogP contribution in [0.25, 0.3) is 0 Å². The molecule has 0 amide bonds. The molecule has 0 unspecified atom stereocenters. The van der Waals surface area contributed by atoms with Crippen LogP contribution in [0.1, 0.15) is 5.56 Å². The minimum atomic E-state index is -0.231. The maximum atomic E-state index is 11.5. The Bertz CT molecular complexity index is 610. The highest BCUT2D eigenvalue weighted by Crippen LogP contribution is 2.21. The molecule has 1 heterocycles. The molecule has 0 aliphatic rings. The molecule has 0 atom stereocenters. The van der Waals surface area contributed by atoms with Gasteiger partial charge in [0.1, 0.15) is 5.82 Å². The lowest BCUT2D eigenvalue weighted by atomic mass is 10.2. The maximum Gasteiger partial charge on any atom is 0.267 e. The monoisotopic (exact) mass is 269 g/mol. The molecular weight excluding hydrogens is 261 g/mol. The third kappa shape index (κ3) is 2.78. The second-order valence-corrected chi connectivity index (χ2v) is 4.33. The lowest BCUT2D eigenvalue weighted by Gasteiger charge is -2.07. The van der Waals surface area contributed by atoms with E-state index in [0.29, 0.717) is 10.0 Å². The number of anilines is 1. The van der Waals surface area contributed by atoms with Crippen LogP contribution in [-0.4, -0.2) is 9.78 Å². The average molecular weight is 270 g/mol. The van der Waals surface area contributed by atoms with Crippen LogP contribution in [0.15, 0.2) is 35.1 Å². The Morgan fingerprint density at radius 3 is 2.71 bits per heavy atom. The third-order valence-electron chi connectivity index (χ3n) is 2.22. The van der Waals surface area contributed by atoms with Crippen LogP contribution in [0.4, 0.5) is 5.82 Å². The summed E-state index contributed by atoms with van der Waals surface area (Å²) in [6.45, 7) is 0.264. The predicted octanol–water partition coefficient (Wildman–Crippen LogP) is 2.18. The molecule has 17 heavy (non-hydrogen) atoms. The van der Waals surface area contributed by atoms with Crippen LogP contribution >= 0.6 is 23.2 Å². The van der Waals surface area contributed by atoms with E-state index in [4.69, 9.17) is 28.9 Å². The molecule has 0 saturated carbocycles. The molecular formula is C11H9Cl2N3O. The van der Waals surface area contributed by atoms with Crippen LogP contribution in [0, 0.1) is 0 Å². The van der Waals surface area contributed by atoms with Crippen LogP contribution in [-0.2, 0) is 6.54 Å². The van der Waals surface area contributed by atoms with E-state index in [1.165, 1.54) is 16.8 Å². The molecule has 6 heteroatoms. The zero-order valence-electron chi connectivity index (χ0n) is 8.73. The Morgan fingerprint density at radius 2 is 2.00 bits per heavy atom. The summed E-state index contributed by atoms with van der Waals surface area (Å²) >= 11 is 11.8. The summed E-state index contributed by atoms with van der Waals surface area (Å²) in [6, 6.07) is 7.91. The largest absolute Gasteiger partial charge is 0.382 e. The molecule has 0 fully saturated rings. The Morgan fingerprint density at radius 1 is 1.24 bits per heavy atom. The molecule has 0 aliphatic carbocycles. The molecule has 0 radical (unpaired) electrons. The number of rotatable bonds is 2. The summed E-state index contributed by atoms with van der Waals surface area (Å²) in [5.74, 6) is 0.287. The third-order valence-corrected chi connectivity index (χ3v) is 2.81. The second kappa shape index (κ2) is 4.77. The SMILES string of the molecule is Nc1ccc(=O)n(Cc2ccc(Cl)cc2Cl)n1. The van der Waals surface area contributed by atoms with E-state index in [1.807, 2.05) is 0 Å². The molecule has 1 aromatic carbocycles. The highest BCUT2D eigenvalue weighted by molar-refractivity contribution is 6.35. The van der Waals surface area contributed by atoms with Crippen molar-refractivity contribution in [2.24, 2.45) is 0 Å². The summed E-state index contributed by atoms with van der Waals surface area (Å²) in [5.41, 5.74) is 6.05. The molecule has 0 saturated heterocycles. The van der Waals surface area contributed by atoms with Gasteiger partial charge >= 0.3 is 0 Å². The number of hydrogen-bond donors (Lipinski definition) is 1. The van der Waals surface area contributed by atoms with E-state index in [1.54, 1.807) is 18.2 Å². The predicted molar refractivity (Wildman–Crippen MR) is 68.5 cm³/mol. The van der Waals surface area contributed by atoms with E-state index in [2.05, 4.69) is 5.10 Å². The van der Waals surface area contributed by atoms with Gasteiger partial charge in [0.05, 0.1) is 6.54 Å². The van der Waals surface area contributed by atoms with Gasteiger partial charge in [0.2, 0.25) is 0 Å². The van der Waals surface area contributed by atoms with E-state index < -0.39 is 0 Å². The minimum Gasteiger partial charge on any atom is -0.382 e. The van der Waals surface area contributed by atoms with E-state index >= 15 is 0 Å². The normalized spacial score (nSPS) is 10.5. The van der Waals surface area contributed by atoms with Gasteiger partial charge in [0.15, 0.2) is 0 Å². The van der Waals surface area contributed by atoms with E-state index in [-0.39, 0.29) is 17.9 Å². The van der Waals surface area contributed by atoms with Gasteiger partial charge in [-0.3, -0.25) is 4.79 Å². The number of aromatic nitrogens is 2. The molecule has 88 valence electrons. The standard InChI is InChI=1S/C11H9Cl2N3O/c12-8-2-1-7(9(13)5-8)6-16-11(17)4-3-10(14)15-16/h1-5H,6H2,(H2,14,15). The molecule has 2 rings (SSSR count). The first-order valence-electron chi connectivity index (χ1n) is 4.84. The highest BCUT2D eigenvalue weighted by atomic mass is 35.5. The zero-order chi connectivity index (χ0) is 12.4. The average Bonchev–Trinajstić information content (AvgIpc) is 2.27. The fourth-order valence-corrected chi connectivity index (χ4v) is 1.86. The van der Waals surface area contributed by atoms with Crippen molar-refractivity contribution in [3.8, 4) is 0 Å². The van der Waals surface area contributed by atoms with Crippen molar-refractivity contribution in [1.82, 2.24) is 9.78 Å². The number of nitrogen functional groups attached to an aromatic ring is 1. The zero-order valence-corrected chi connectivity index (χ0v) is 10.2. The molecule has 2 N–H and O–H groups in total. The number of halogens is 2. The summed E-state index contributed by atoms with van der Waals surface area (Å²) in [5, 5.41) is 4.96. The van der Waals surface area contributed by atoms with Crippen molar-refractivity contribution in [2.75, 3.05) is 5.73 Å². The van der Waals surface area contributed by atoms with Crippen LogP contribution in [0.3, 0.4) is 0 Å². The minimum absolute atomic E-state index is 0.231. The Labute approximate surface area is 108 Å². The number of nitrogens with zero attached hydrogens (tertiary/aromatic N) is 2. The van der Waals surface area contributed by atoms with Crippen LogP contribution < -0.4 is 11.3 Å². The Kier molecular flexibility index (Phi) is 3.36. The van der Waals surface area contributed by atoms with E-state index in [9.17, 15) is 4.79 Å². The summed E-state index contributed by atoms with van der Waals surface area (Å²) in [6.07, 6.45) is 0. The van der Waals surface area contributed by atoms with Gasteiger partial charge in [-0.2, -0.15) is 5.10 Å². The highest BCUT2D eigenvalue weighted by Gasteiger charge is 2.04. The van der Waals surface area contributed by atoms with Gasteiger partial charge in [-0.1, -0.05) is 29.3 Å². The molecule has 2 aromatic rings. The first-order chi connectivity index (χ1) is 8.06. The maximum absolute atomic E-state index is 11.5. The summed E-state index contributed by atoms with van der Waals surface area (Å²) in [7, 11) is 0. The van der Waals surface area contributed by atoms with Gasteiger partial charge < -0.3 is 5.73 Å². The fraction of sp³-hybridized carbons (Fsp3) is 0.0909. The fourth-order valence-electron chi connectivity index (χ4n) is 1.39. The molecule has 1 aromatic heterocycles. The summed E-state index contributed by atoms with van der Waals surface area (Å²) in [4.78, 5) is 11.5. The first kappa shape index (κ1) is 12.0. The van der Waals surface area contributed by atoms with Crippen molar-refractivity contribution >= 4 is 29.0 Å². The first-order valence-corrected chi connectivity index (χ1v) is 5.59. The molecule has 4 nitrogen and oxygen atoms in total. The number of nitrogens with two attached hydrogens (primary N) is 1. The molecule has 0 bridgehead atoms. The van der Waals surface area contributed by atoms with Crippen LogP contribution in [0.5, 0.6) is 0 Å².